The first-order valence-electron chi connectivity index (χ1n) is 5.99. The van der Waals surface area contributed by atoms with Crippen LogP contribution in [0.4, 0.5) is 0 Å². The molecule has 1 aromatic rings. The van der Waals surface area contributed by atoms with Gasteiger partial charge in [0.1, 0.15) is 0 Å². The van der Waals surface area contributed by atoms with Crippen molar-refractivity contribution in [3.8, 4) is 0 Å². The van der Waals surface area contributed by atoms with Gasteiger partial charge in [-0.2, -0.15) is 0 Å². The van der Waals surface area contributed by atoms with E-state index in [1.807, 2.05) is 1.60 Å². The third-order valence-corrected chi connectivity index (χ3v) is 41.5. The summed E-state index contributed by atoms with van der Waals surface area (Å²) >= 11 is -3.80. The third-order valence-electron chi connectivity index (χ3n) is 2.73. The van der Waals surface area contributed by atoms with Gasteiger partial charge in [0, 0.05) is 0 Å². The topological polar surface area (TPSA) is 0 Å². The summed E-state index contributed by atoms with van der Waals surface area (Å²) in [6, 6.07) is 10.8. The Hall–Kier alpha value is 0.557. The summed E-state index contributed by atoms with van der Waals surface area (Å²) < 4.78 is 1.91. The zero-order valence-corrected chi connectivity index (χ0v) is 17.2. The average molecular weight is 430 g/mol. The Balaban J connectivity index is 3.19. The molecule has 0 nitrogen and oxygen atoms in total. The van der Waals surface area contributed by atoms with Crippen LogP contribution in [-0.2, 0) is 0 Å². The molecule has 0 atom stereocenters. The van der Waals surface area contributed by atoms with Crippen LogP contribution < -0.4 is 0 Å². The van der Waals surface area contributed by atoms with Crippen molar-refractivity contribution in [2.45, 2.75) is 29.6 Å². The van der Waals surface area contributed by atoms with Crippen LogP contribution in [0, 0.1) is 0 Å². The molecule has 0 radical (unpaired) electrons. The molecule has 0 spiro atoms. The maximum absolute atomic E-state index is 2.55. The number of hydrogen-bond donors (Lipinski definition) is 0. The molecule has 0 saturated heterocycles. The van der Waals surface area contributed by atoms with Crippen LogP contribution in [0.5, 0.6) is 0 Å². The standard InChI is InChI=1S/C8H6.6CH3.2Sn/c1-2-8-6-4-3-5-7-8;;;;;;;;/h2-7H;6*1H3;;. The Kier molecular flexibility index (Phi) is 4.99. The molecular weight excluding hydrogens is 406 g/mol. The molecule has 0 aliphatic heterocycles. The SMILES string of the molecule is [CH3][Sn]([CH3])([CH3])[C](=Cc1ccccc1)[Sn]([CH3])([CH3])[CH3]. The molecule has 1 aromatic carbocycles. The van der Waals surface area contributed by atoms with E-state index in [9.17, 15) is 0 Å². The summed E-state index contributed by atoms with van der Waals surface area (Å²) in [6.07, 6.45) is 2.52. The van der Waals surface area contributed by atoms with E-state index in [1.165, 1.54) is 5.56 Å². The fourth-order valence-corrected chi connectivity index (χ4v) is 55.2. The first-order valence-corrected chi connectivity index (χ1v) is 26.0. The Morgan fingerprint density at radius 2 is 1.25 bits per heavy atom. The van der Waals surface area contributed by atoms with Crippen LogP contribution in [0.15, 0.2) is 31.9 Å². The van der Waals surface area contributed by atoms with Gasteiger partial charge in [-0.05, 0) is 0 Å². The molecule has 16 heavy (non-hydrogen) atoms. The van der Waals surface area contributed by atoms with E-state index in [-0.39, 0.29) is 0 Å². The van der Waals surface area contributed by atoms with Crippen LogP contribution in [0.25, 0.3) is 6.08 Å². The second-order valence-electron chi connectivity index (χ2n) is 6.47. The Bertz CT molecular complexity index is 348. The molecule has 0 amide bonds. The van der Waals surface area contributed by atoms with E-state index in [4.69, 9.17) is 0 Å². The van der Waals surface area contributed by atoms with Crippen molar-refractivity contribution >= 4 is 42.8 Å². The number of rotatable bonds is 3. The summed E-state index contributed by atoms with van der Waals surface area (Å²) in [5, 5.41) is 0. The summed E-state index contributed by atoms with van der Waals surface area (Å²) in [5.41, 5.74) is 1.40. The minimum atomic E-state index is -1.90. The fraction of sp³-hybridized carbons (Fsp3) is 0.429. The average Bonchev–Trinajstić information content (AvgIpc) is 2.12. The van der Waals surface area contributed by atoms with Gasteiger partial charge in [0.2, 0.25) is 0 Å². The van der Waals surface area contributed by atoms with Crippen molar-refractivity contribution in [3.05, 3.63) is 37.5 Å². The molecule has 0 heterocycles. The monoisotopic (exact) mass is 432 g/mol. The molecule has 0 fully saturated rings. The van der Waals surface area contributed by atoms with Gasteiger partial charge in [-0.3, -0.25) is 0 Å². The Morgan fingerprint density at radius 3 is 1.62 bits per heavy atom. The van der Waals surface area contributed by atoms with Crippen molar-refractivity contribution in [1.29, 1.82) is 0 Å². The number of benzene rings is 1. The van der Waals surface area contributed by atoms with Gasteiger partial charge in [-0.15, -0.1) is 0 Å². The summed E-state index contributed by atoms with van der Waals surface area (Å²) in [4.78, 5) is 15.3. The van der Waals surface area contributed by atoms with Crippen LogP contribution in [0.1, 0.15) is 5.56 Å². The molecule has 0 aromatic heterocycles. The van der Waals surface area contributed by atoms with Gasteiger partial charge >= 0.3 is 110 Å². The van der Waals surface area contributed by atoms with Gasteiger partial charge in [0.25, 0.3) is 0 Å². The molecule has 2 heteroatoms. The van der Waals surface area contributed by atoms with Crippen molar-refractivity contribution in [2.24, 2.45) is 0 Å². The molecule has 0 aliphatic rings. The van der Waals surface area contributed by atoms with E-state index in [2.05, 4.69) is 66.0 Å². The number of hydrogen-bond acceptors (Lipinski definition) is 0. The molecule has 0 bridgehead atoms. The summed E-state index contributed by atoms with van der Waals surface area (Å²) in [7, 11) is 0. The van der Waals surface area contributed by atoms with Crippen LogP contribution in [0.2, 0.25) is 29.6 Å². The van der Waals surface area contributed by atoms with E-state index in [0.29, 0.717) is 0 Å². The van der Waals surface area contributed by atoms with Gasteiger partial charge in [0.15, 0.2) is 0 Å². The molecular formula is C14H24Sn2. The van der Waals surface area contributed by atoms with Crippen LogP contribution in [0.3, 0.4) is 0 Å². The van der Waals surface area contributed by atoms with Crippen LogP contribution in [-0.4, -0.2) is 36.8 Å². The summed E-state index contributed by atoms with van der Waals surface area (Å²) in [6.45, 7) is 0. The molecule has 88 valence electrons. The van der Waals surface area contributed by atoms with E-state index in [0.717, 1.165) is 0 Å². The minimum absolute atomic E-state index is 1.40. The first-order chi connectivity index (χ1) is 7.21. The van der Waals surface area contributed by atoms with E-state index < -0.39 is 36.8 Å². The van der Waals surface area contributed by atoms with Crippen LogP contribution >= 0.6 is 0 Å². The predicted octanol–water partition coefficient (Wildman–Crippen LogP) is 4.82. The molecule has 1 rings (SSSR count). The van der Waals surface area contributed by atoms with Crippen molar-refractivity contribution in [1.82, 2.24) is 0 Å². The fourth-order valence-electron chi connectivity index (χ4n) is 2.27. The van der Waals surface area contributed by atoms with E-state index in [1.54, 1.807) is 0 Å². The molecule has 0 saturated carbocycles. The second-order valence-corrected chi connectivity index (χ2v) is 39.3. The van der Waals surface area contributed by atoms with Gasteiger partial charge in [-0.1, -0.05) is 0 Å². The maximum atomic E-state index is 2.55. The Labute approximate surface area is 109 Å². The summed E-state index contributed by atoms with van der Waals surface area (Å²) in [5.74, 6) is 0. The zero-order valence-electron chi connectivity index (χ0n) is 11.5. The van der Waals surface area contributed by atoms with E-state index >= 15 is 0 Å². The van der Waals surface area contributed by atoms with Gasteiger partial charge in [-0.25, -0.2) is 0 Å². The molecule has 0 aliphatic carbocycles. The quantitative estimate of drug-likeness (QED) is 0.604. The van der Waals surface area contributed by atoms with Crippen molar-refractivity contribution in [3.63, 3.8) is 0 Å². The molecule has 0 N–H and O–H groups in total. The Morgan fingerprint density at radius 1 is 0.812 bits per heavy atom. The van der Waals surface area contributed by atoms with Crippen molar-refractivity contribution < 1.29 is 0 Å². The third kappa shape index (κ3) is 4.44. The predicted molar refractivity (Wildman–Crippen MR) is 81.1 cm³/mol. The molecule has 0 unspecified atom stereocenters. The second kappa shape index (κ2) is 5.47. The van der Waals surface area contributed by atoms with Gasteiger partial charge in [0.05, 0.1) is 0 Å². The van der Waals surface area contributed by atoms with Crippen molar-refractivity contribution in [2.75, 3.05) is 0 Å². The first kappa shape index (κ1) is 14.6. The van der Waals surface area contributed by atoms with Gasteiger partial charge < -0.3 is 0 Å². The normalized spacial score (nSPS) is 12.4. The zero-order chi connectivity index (χ0) is 12.4.